The molecule has 0 saturated carbocycles. The minimum absolute atomic E-state index is 0.0106. The molecular formula is C109H144F10O24. The Morgan fingerprint density at radius 2 is 0.538 bits per heavy atom. The number of carboxylic acid groups (broad SMARTS) is 5. The molecule has 0 aliphatic carbocycles. The number of rotatable bonds is 47. The van der Waals surface area contributed by atoms with E-state index in [1.165, 1.54) is 89.6 Å². The Labute approximate surface area is 833 Å². The van der Waals surface area contributed by atoms with Crippen molar-refractivity contribution in [3.8, 4) is 46.0 Å². The predicted octanol–water partition coefficient (Wildman–Crippen LogP) is 27.2. The van der Waals surface area contributed by atoms with Gasteiger partial charge < -0.3 is 77.6 Å². The van der Waals surface area contributed by atoms with Gasteiger partial charge >= 0.3 is 53.9 Å². The molecule has 34 heteroatoms. The van der Waals surface area contributed by atoms with Crippen LogP contribution in [0.1, 0.15) is 320 Å². The summed E-state index contributed by atoms with van der Waals surface area (Å²) in [5.41, 5.74) is 6.04. The number of hydrogen-bond acceptors (Lipinski definition) is 19. The third-order valence-corrected chi connectivity index (χ3v) is 20.7. The average molecular weight is 2030 g/mol. The number of alkyl halides is 2. The molecule has 794 valence electrons. The Bertz CT molecular complexity index is 5110. The van der Waals surface area contributed by atoms with Gasteiger partial charge in [0.05, 0.1) is 47.3 Å². The fourth-order valence-electron chi connectivity index (χ4n) is 11.7. The van der Waals surface area contributed by atoms with Gasteiger partial charge in [-0.15, -0.1) is 0 Å². The number of hydrogen-bond donors (Lipinski definition) is 5. The Hall–Kier alpha value is -12.8. The molecule has 1 unspecified atom stereocenters. The average Bonchev–Trinajstić information content (AvgIpc) is 0.788. The van der Waals surface area contributed by atoms with Gasteiger partial charge in [0.2, 0.25) is 0 Å². The van der Waals surface area contributed by atoms with Crippen LogP contribution in [0.25, 0.3) is 0 Å². The van der Waals surface area contributed by atoms with Crippen LogP contribution in [0.15, 0.2) is 146 Å². The number of carbonyl (C=O) groups is 8. The summed E-state index contributed by atoms with van der Waals surface area (Å²) in [5, 5.41) is 42.6. The Balaban J connectivity index is 0.000000819. The summed E-state index contributed by atoms with van der Waals surface area (Å²) in [6, 6.07) is 36.7. The van der Waals surface area contributed by atoms with E-state index in [4.69, 9.17) is 63.4 Å². The molecular weight excluding hydrogens is 1880 g/mol. The van der Waals surface area contributed by atoms with Crippen LogP contribution in [0.5, 0.6) is 46.0 Å². The topological polar surface area (TPSA) is 339 Å². The maximum Gasteiger partial charge on any atom is 0.502 e. The van der Waals surface area contributed by atoms with Gasteiger partial charge in [0.15, 0.2) is 111 Å². The second-order valence-electron chi connectivity index (χ2n) is 35.7. The van der Waals surface area contributed by atoms with Crippen molar-refractivity contribution in [1.29, 1.82) is 0 Å². The van der Waals surface area contributed by atoms with E-state index in [0.717, 1.165) is 96.0 Å². The summed E-state index contributed by atoms with van der Waals surface area (Å²) in [6.07, 6.45) is 3.57. The number of halogens is 10. The molecule has 8 aromatic carbocycles. The smallest absolute Gasteiger partial charge is 0.491 e. The highest BCUT2D eigenvalue weighted by Crippen LogP contribution is 2.34. The summed E-state index contributed by atoms with van der Waals surface area (Å²) < 4.78 is 187. The second-order valence-corrected chi connectivity index (χ2v) is 35.7. The summed E-state index contributed by atoms with van der Waals surface area (Å²) >= 11 is 0. The monoisotopic (exact) mass is 2030 g/mol. The summed E-state index contributed by atoms with van der Waals surface area (Å²) in [7, 11) is 2.75. The summed E-state index contributed by atoms with van der Waals surface area (Å²) in [4.78, 5) is 85.2. The van der Waals surface area contributed by atoms with E-state index < -0.39 is 89.1 Å². The van der Waals surface area contributed by atoms with E-state index in [9.17, 15) is 82.3 Å². The quantitative estimate of drug-likeness (QED) is 0.0102. The fourth-order valence-corrected chi connectivity index (χ4v) is 11.7. The Kier molecular flexibility index (Phi) is 60.7. The van der Waals surface area contributed by atoms with Crippen molar-refractivity contribution in [2.24, 2.45) is 0 Å². The van der Waals surface area contributed by atoms with Crippen LogP contribution in [-0.4, -0.2) is 145 Å². The molecule has 0 aliphatic heterocycles. The van der Waals surface area contributed by atoms with Crippen LogP contribution in [0.2, 0.25) is 0 Å². The molecule has 0 radical (unpaired) electrons. The lowest BCUT2D eigenvalue weighted by molar-refractivity contribution is -0.211. The molecule has 1 atom stereocenters. The standard InChI is InChI=1S/C18H27FO3.C16H23FO3.C15H21FO3.2C13H17FO3.C12H15FO3.C11H11F3O3.C11H13FO3/c1-4-21-18(20)9-7-5-6-8-12-22-17-13-15(14(2)3)10-11-16(17)19;1-12(2)13-8-9-14(17)15(11-13)20-10-6-4-5-7-16(18)19-3;1-11(2)12-7-8-13(16)14(10-12)19-9-5-4-6-15(17)18-3;1-8(2)9-5-6-10(14)11(7-9)17-13(3,4)12(15)16;1-9(2)10-5-6-11(14)12(8-10)17-7-3-4-13(15)16;1-7(2)9-4-5-10(13)11(6-9)16-8(3)12(14)15;1-6(2)7-3-4-8(12)9(5-7)17-11(13,14)10(15)16;1-7(2)8-3-4-9(12)10(5-8)15-6-11(13)14/h10-11,13-14H,4-9,12H2,1-3H3;8-9,11-12H,4-7,10H2,1-3H3;7-8,10-11H,4-6,9H2,1-3H3;5-8H,1-4H3,(H,15,16);5-6,8-9H,3-4,7H2,1-2H3,(H,15,16);4-8H,1-3H3,(H,14,15);3-6H,1-2H3,(H,15,16);3-5,7H,6H2,1-2H3,(H,13,14). The number of esters is 3. The molecule has 8 aromatic rings. The molecule has 0 saturated heterocycles. The highest BCUT2D eigenvalue weighted by molar-refractivity contribution is 5.77. The van der Waals surface area contributed by atoms with Crippen molar-refractivity contribution in [1.82, 2.24) is 0 Å². The summed E-state index contributed by atoms with van der Waals surface area (Å²) in [6.45, 7) is 39.2. The van der Waals surface area contributed by atoms with Crippen LogP contribution in [0.3, 0.4) is 0 Å². The Morgan fingerprint density at radius 1 is 0.294 bits per heavy atom. The molecule has 0 bridgehead atoms. The number of carboxylic acids is 5. The van der Waals surface area contributed by atoms with Gasteiger partial charge in [0.25, 0.3) is 0 Å². The van der Waals surface area contributed by atoms with Gasteiger partial charge in [0.1, 0.15) is 0 Å². The third kappa shape index (κ3) is 52.7. The predicted molar refractivity (Wildman–Crippen MR) is 525 cm³/mol. The van der Waals surface area contributed by atoms with E-state index in [0.29, 0.717) is 106 Å². The highest BCUT2D eigenvalue weighted by atomic mass is 19.3. The molecule has 0 aliphatic rings. The van der Waals surface area contributed by atoms with Crippen molar-refractivity contribution in [2.75, 3.05) is 53.9 Å². The van der Waals surface area contributed by atoms with Gasteiger partial charge in [-0.2, -0.15) is 8.78 Å². The van der Waals surface area contributed by atoms with E-state index in [-0.39, 0.29) is 101 Å². The zero-order valence-corrected chi connectivity index (χ0v) is 86.0. The zero-order chi connectivity index (χ0) is 109. The van der Waals surface area contributed by atoms with Crippen LogP contribution >= 0.6 is 0 Å². The first-order valence-corrected chi connectivity index (χ1v) is 47.4. The van der Waals surface area contributed by atoms with Gasteiger partial charge in [-0.05, 0) is 268 Å². The van der Waals surface area contributed by atoms with Crippen LogP contribution in [0, 0.1) is 46.5 Å². The zero-order valence-electron chi connectivity index (χ0n) is 86.0. The highest BCUT2D eigenvalue weighted by Gasteiger charge is 2.43. The molecule has 0 fully saturated rings. The number of methoxy groups -OCH3 is 2. The third-order valence-electron chi connectivity index (χ3n) is 20.7. The lowest BCUT2D eigenvalue weighted by atomic mass is 10.0. The van der Waals surface area contributed by atoms with E-state index in [2.05, 4.69) is 41.9 Å². The van der Waals surface area contributed by atoms with Crippen LogP contribution in [-0.2, 0) is 52.6 Å². The van der Waals surface area contributed by atoms with Crippen molar-refractivity contribution >= 4 is 47.8 Å². The van der Waals surface area contributed by atoms with Crippen molar-refractivity contribution in [3.63, 3.8) is 0 Å². The SMILES string of the molecule is CC(C)c1ccc(F)c(OC(C)(C)C(=O)O)c1.CC(C)c1ccc(F)c(OC(F)(F)C(=O)O)c1.CC(C)c1ccc(F)c(OCC(=O)O)c1.CC(C)c1ccc(F)c(OCCCC(=O)O)c1.CC(Oc1cc(C(C)C)ccc1F)C(=O)O.CCOC(=O)CCCCCCOc1cc(C(C)C)ccc1F.COC(=O)CCCCCOc1cc(C(C)C)ccc1F.COC(=O)CCCCOc1cc(C(C)C)ccc1F. The molecule has 24 nitrogen and oxygen atoms in total. The van der Waals surface area contributed by atoms with E-state index >= 15 is 0 Å². The van der Waals surface area contributed by atoms with Gasteiger partial charge in [-0.1, -0.05) is 172 Å². The maximum atomic E-state index is 13.6. The lowest BCUT2D eigenvalue weighted by Gasteiger charge is -2.22. The van der Waals surface area contributed by atoms with E-state index in [1.54, 1.807) is 92.7 Å². The fraction of sp³-hybridized carbons (Fsp3) is 0.486. The molecule has 0 heterocycles. The van der Waals surface area contributed by atoms with Crippen LogP contribution < -0.4 is 37.9 Å². The molecule has 5 N–H and O–H groups in total. The number of aliphatic carboxylic acids is 5. The van der Waals surface area contributed by atoms with E-state index in [1.807, 2.05) is 76.2 Å². The van der Waals surface area contributed by atoms with Crippen LogP contribution in [0.4, 0.5) is 43.9 Å². The Morgan fingerprint density at radius 3 is 0.811 bits per heavy atom. The first kappa shape index (κ1) is 128. The minimum Gasteiger partial charge on any atom is -0.491 e. The number of unbranched alkanes of at least 4 members (excludes halogenated alkanes) is 6. The maximum absolute atomic E-state index is 13.6. The minimum atomic E-state index is -4.45. The second kappa shape index (κ2) is 67.6. The first-order chi connectivity index (χ1) is 67.0. The van der Waals surface area contributed by atoms with Gasteiger partial charge in [0, 0.05) is 25.7 Å². The molecule has 0 amide bonds. The molecule has 0 spiro atoms. The number of carbonyl (C=O) groups excluding carboxylic acids is 3. The number of ether oxygens (including phenoxy) is 11. The molecule has 143 heavy (non-hydrogen) atoms. The van der Waals surface area contributed by atoms with Gasteiger partial charge in [-0.25, -0.2) is 54.3 Å². The van der Waals surface area contributed by atoms with Crippen molar-refractivity contribution in [2.45, 2.75) is 294 Å². The normalized spacial score (nSPS) is 11.1. The molecule has 8 rings (SSSR count). The van der Waals surface area contributed by atoms with Gasteiger partial charge in [-0.3, -0.25) is 19.2 Å². The largest absolute Gasteiger partial charge is 0.502 e. The molecule has 0 aromatic heterocycles. The van der Waals surface area contributed by atoms with Crippen molar-refractivity contribution in [3.05, 3.63) is 237 Å². The first-order valence-electron chi connectivity index (χ1n) is 47.4. The lowest BCUT2D eigenvalue weighted by Crippen LogP contribution is -2.38. The van der Waals surface area contributed by atoms with Crippen molar-refractivity contribution < 1.29 is 160 Å². The summed E-state index contributed by atoms with van der Waals surface area (Å²) in [5.74, 6) is -9.01. The number of benzene rings is 8.